The lowest BCUT2D eigenvalue weighted by atomic mass is 10.0. The van der Waals surface area contributed by atoms with Crippen LogP contribution in [0.4, 0.5) is 0 Å². The molecule has 1 fully saturated rings. The van der Waals surface area contributed by atoms with Crippen molar-refractivity contribution in [3.63, 3.8) is 0 Å². The van der Waals surface area contributed by atoms with Gasteiger partial charge < -0.3 is 4.74 Å². The Hall–Kier alpha value is -1.35. The Balaban J connectivity index is 1.95. The fraction of sp³-hybridized carbons (Fsp3) is 0.500. The van der Waals surface area contributed by atoms with Gasteiger partial charge in [-0.3, -0.25) is 5.01 Å². The average Bonchev–Trinajstić information content (AvgIpc) is 2.38. The van der Waals surface area contributed by atoms with Crippen LogP contribution in [0.1, 0.15) is 30.9 Å². The Morgan fingerprint density at radius 1 is 1.18 bits per heavy atom. The van der Waals surface area contributed by atoms with Gasteiger partial charge in [0.25, 0.3) is 0 Å². The van der Waals surface area contributed by atoms with Crippen LogP contribution in [0, 0.1) is 0 Å². The van der Waals surface area contributed by atoms with Crippen molar-refractivity contribution < 1.29 is 4.74 Å². The fourth-order valence-corrected chi connectivity index (χ4v) is 1.78. The van der Waals surface area contributed by atoms with E-state index in [1.807, 2.05) is 6.21 Å². The van der Waals surface area contributed by atoms with Gasteiger partial charge in [-0.25, -0.2) is 0 Å². The minimum absolute atomic E-state index is 0.584. The standard InChI is InChI=1S/C14H20N2O/c1-12(2)14-5-3-13(4-6-14)11-15-16-7-9-17-10-8-16/h3-6,11-12H,7-10H2,1-2H3. The molecule has 0 amide bonds. The Kier molecular flexibility index (Phi) is 4.15. The van der Waals surface area contributed by atoms with E-state index < -0.39 is 0 Å². The maximum Gasteiger partial charge on any atom is 0.0659 e. The van der Waals surface area contributed by atoms with E-state index in [0.717, 1.165) is 31.9 Å². The highest BCUT2D eigenvalue weighted by Gasteiger charge is 2.06. The molecule has 0 spiro atoms. The van der Waals surface area contributed by atoms with E-state index in [9.17, 15) is 0 Å². The lowest BCUT2D eigenvalue weighted by molar-refractivity contribution is 0.0397. The summed E-state index contributed by atoms with van der Waals surface area (Å²) in [5, 5.41) is 6.51. The van der Waals surface area contributed by atoms with Crippen molar-refractivity contribution >= 4 is 6.21 Å². The summed E-state index contributed by atoms with van der Waals surface area (Å²) in [5.74, 6) is 0.584. The van der Waals surface area contributed by atoms with Gasteiger partial charge in [-0.1, -0.05) is 38.1 Å². The van der Waals surface area contributed by atoms with Crippen LogP contribution in [0.3, 0.4) is 0 Å². The molecule has 1 aliphatic rings. The largest absolute Gasteiger partial charge is 0.378 e. The number of rotatable bonds is 3. The summed E-state index contributed by atoms with van der Waals surface area (Å²) in [6.07, 6.45) is 1.93. The number of benzene rings is 1. The number of hydrogen-bond donors (Lipinski definition) is 0. The van der Waals surface area contributed by atoms with Crippen molar-refractivity contribution in [1.82, 2.24) is 5.01 Å². The third-order valence-corrected chi connectivity index (χ3v) is 2.96. The molecule has 0 atom stereocenters. The number of hydrazone groups is 1. The zero-order valence-corrected chi connectivity index (χ0v) is 10.6. The van der Waals surface area contributed by atoms with Crippen LogP contribution in [0.5, 0.6) is 0 Å². The van der Waals surface area contributed by atoms with Crippen LogP contribution < -0.4 is 0 Å². The number of hydrogen-bond acceptors (Lipinski definition) is 3. The normalized spacial score (nSPS) is 17.0. The first kappa shape index (κ1) is 12.1. The number of ether oxygens (including phenoxy) is 1. The number of morpholine rings is 1. The summed E-state index contributed by atoms with van der Waals surface area (Å²) in [6, 6.07) is 8.59. The monoisotopic (exact) mass is 232 g/mol. The maximum atomic E-state index is 5.28. The zero-order chi connectivity index (χ0) is 12.1. The van der Waals surface area contributed by atoms with Crippen LogP contribution in [0.2, 0.25) is 0 Å². The molecular formula is C14H20N2O. The number of nitrogens with zero attached hydrogens (tertiary/aromatic N) is 2. The Bertz CT molecular complexity index is 364. The predicted octanol–water partition coefficient (Wildman–Crippen LogP) is 2.48. The molecule has 0 N–H and O–H groups in total. The summed E-state index contributed by atoms with van der Waals surface area (Å²) in [5.41, 5.74) is 2.52. The van der Waals surface area contributed by atoms with Crippen LogP contribution >= 0.6 is 0 Å². The second-order valence-corrected chi connectivity index (χ2v) is 4.63. The van der Waals surface area contributed by atoms with Gasteiger partial charge in [-0.05, 0) is 17.0 Å². The highest BCUT2D eigenvalue weighted by atomic mass is 16.5. The van der Waals surface area contributed by atoms with Crippen molar-refractivity contribution in [2.75, 3.05) is 26.3 Å². The van der Waals surface area contributed by atoms with Gasteiger partial charge in [0.05, 0.1) is 32.5 Å². The predicted molar refractivity (Wildman–Crippen MR) is 70.5 cm³/mol. The van der Waals surface area contributed by atoms with E-state index in [1.165, 1.54) is 5.56 Å². The highest BCUT2D eigenvalue weighted by Crippen LogP contribution is 2.13. The van der Waals surface area contributed by atoms with Gasteiger partial charge in [-0.2, -0.15) is 5.10 Å². The molecule has 2 rings (SSSR count). The zero-order valence-electron chi connectivity index (χ0n) is 10.6. The quantitative estimate of drug-likeness (QED) is 0.748. The third kappa shape index (κ3) is 3.56. The molecule has 0 aliphatic carbocycles. The molecule has 1 aromatic carbocycles. The third-order valence-electron chi connectivity index (χ3n) is 2.96. The lowest BCUT2D eigenvalue weighted by Crippen LogP contribution is -2.32. The average molecular weight is 232 g/mol. The molecule has 0 saturated carbocycles. The molecule has 1 aromatic rings. The molecular weight excluding hydrogens is 212 g/mol. The molecule has 17 heavy (non-hydrogen) atoms. The van der Waals surface area contributed by atoms with Crippen molar-refractivity contribution in [2.45, 2.75) is 19.8 Å². The molecule has 1 aliphatic heterocycles. The van der Waals surface area contributed by atoms with Gasteiger partial charge in [0.1, 0.15) is 0 Å². The summed E-state index contributed by atoms with van der Waals surface area (Å²) >= 11 is 0. The molecule has 0 aromatic heterocycles. The lowest BCUT2D eigenvalue weighted by Gasteiger charge is -2.23. The van der Waals surface area contributed by atoms with Gasteiger partial charge >= 0.3 is 0 Å². The molecule has 0 bridgehead atoms. The fourth-order valence-electron chi connectivity index (χ4n) is 1.78. The Morgan fingerprint density at radius 3 is 2.41 bits per heavy atom. The van der Waals surface area contributed by atoms with Gasteiger partial charge in [-0.15, -0.1) is 0 Å². The van der Waals surface area contributed by atoms with Gasteiger partial charge in [0, 0.05) is 0 Å². The van der Waals surface area contributed by atoms with E-state index >= 15 is 0 Å². The van der Waals surface area contributed by atoms with Crippen molar-refractivity contribution in [3.05, 3.63) is 35.4 Å². The molecule has 92 valence electrons. The topological polar surface area (TPSA) is 24.8 Å². The van der Waals surface area contributed by atoms with E-state index in [0.29, 0.717) is 5.92 Å². The van der Waals surface area contributed by atoms with Gasteiger partial charge in [0.15, 0.2) is 0 Å². The summed E-state index contributed by atoms with van der Waals surface area (Å²) in [7, 11) is 0. The van der Waals surface area contributed by atoms with Crippen molar-refractivity contribution in [1.29, 1.82) is 0 Å². The second kappa shape index (κ2) is 5.82. The molecule has 0 radical (unpaired) electrons. The SMILES string of the molecule is CC(C)c1ccc(C=NN2CCOCC2)cc1. The smallest absolute Gasteiger partial charge is 0.0659 e. The van der Waals surface area contributed by atoms with Crippen LogP contribution in [-0.4, -0.2) is 37.5 Å². The maximum absolute atomic E-state index is 5.28. The van der Waals surface area contributed by atoms with Crippen LogP contribution in [0.15, 0.2) is 29.4 Å². The van der Waals surface area contributed by atoms with Crippen LogP contribution in [-0.2, 0) is 4.74 Å². The highest BCUT2D eigenvalue weighted by molar-refractivity contribution is 5.79. The van der Waals surface area contributed by atoms with E-state index in [2.05, 4.69) is 48.2 Å². The van der Waals surface area contributed by atoms with E-state index in [1.54, 1.807) is 0 Å². The molecule has 1 heterocycles. The van der Waals surface area contributed by atoms with E-state index in [4.69, 9.17) is 4.74 Å². The Morgan fingerprint density at radius 2 is 1.82 bits per heavy atom. The first-order chi connectivity index (χ1) is 8.25. The minimum Gasteiger partial charge on any atom is -0.378 e. The second-order valence-electron chi connectivity index (χ2n) is 4.63. The van der Waals surface area contributed by atoms with E-state index in [-0.39, 0.29) is 0 Å². The molecule has 3 nitrogen and oxygen atoms in total. The molecule has 1 saturated heterocycles. The summed E-state index contributed by atoms with van der Waals surface area (Å²) in [4.78, 5) is 0. The van der Waals surface area contributed by atoms with Crippen molar-refractivity contribution in [2.24, 2.45) is 5.10 Å². The summed E-state index contributed by atoms with van der Waals surface area (Å²) < 4.78 is 5.28. The Labute approximate surface area is 103 Å². The summed E-state index contributed by atoms with van der Waals surface area (Å²) in [6.45, 7) is 7.75. The first-order valence-corrected chi connectivity index (χ1v) is 6.22. The molecule has 3 heteroatoms. The van der Waals surface area contributed by atoms with Gasteiger partial charge in [0.2, 0.25) is 0 Å². The van der Waals surface area contributed by atoms with Crippen molar-refractivity contribution in [3.8, 4) is 0 Å². The van der Waals surface area contributed by atoms with Crippen LogP contribution in [0.25, 0.3) is 0 Å². The minimum atomic E-state index is 0.584. The molecule has 0 unspecified atom stereocenters. The first-order valence-electron chi connectivity index (χ1n) is 6.22.